The first-order valence-electron chi connectivity index (χ1n) is 11.8. The predicted octanol–water partition coefficient (Wildman–Crippen LogP) is 3.06. The Morgan fingerprint density at radius 1 is 0.882 bits per heavy atom. The number of fused-ring (bicyclic) bond motifs is 5. The van der Waals surface area contributed by atoms with E-state index in [1.165, 1.54) is 0 Å². The van der Waals surface area contributed by atoms with Crippen LogP contribution in [0.1, 0.15) is 40.1 Å². The number of piperidine rings is 1. The lowest BCUT2D eigenvalue weighted by Crippen LogP contribution is -2.53. The van der Waals surface area contributed by atoms with E-state index in [4.69, 9.17) is 0 Å². The Morgan fingerprint density at radius 3 is 2.53 bits per heavy atom. The minimum absolute atomic E-state index is 0.000758. The molecule has 1 aromatic heterocycles. The summed E-state index contributed by atoms with van der Waals surface area (Å²) in [4.78, 5) is 42.9. The maximum Gasteiger partial charge on any atom is 0.258 e. The number of nitrogens with one attached hydrogen (secondary N) is 1. The van der Waals surface area contributed by atoms with Gasteiger partial charge in [-0.1, -0.05) is 48.5 Å². The van der Waals surface area contributed by atoms with Crippen molar-refractivity contribution in [3.05, 3.63) is 100.0 Å². The van der Waals surface area contributed by atoms with Crippen LogP contribution < -0.4 is 10.9 Å². The van der Waals surface area contributed by atoms with E-state index in [1.807, 2.05) is 64.1 Å². The third-order valence-corrected chi connectivity index (χ3v) is 7.28. The number of likely N-dealkylation sites (tertiary alicyclic amines) is 1. The topological polar surface area (TPSA) is 74.7 Å². The molecule has 1 saturated heterocycles. The minimum atomic E-state index is -0.420. The second-order valence-corrected chi connectivity index (χ2v) is 9.43. The molecule has 2 bridgehead atoms. The summed E-state index contributed by atoms with van der Waals surface area (Å²) in [6.45, 7) is 1.82. The van der Waals surface area contributed by atoms with Crippen LogP contribution in [0, 0.1) is 5.92 Å². The average Bonchev–Trinajstić information content (AvgIpc) is 2.86. The number of carbonyl (C=O) groups is 2. The minimum Gasteiger partial charge on any atom is -0.361 e. The SMILES string of the molecule is O=C(CN1C(=O)c2ccccc2N[C@H]1c1ccccc1)N1C[C@H]2C[C@@H](C1)c1cccc(=O)n1C2. The number of aromatic nitrogens is 1. The molecule has 34 heavy (non-hydrogen) atoms. The molecular formula is C27H26N4O3. The van der Waals surface area contributed by atoms with Crippen LogP contribution in [0.5, 0.6) is 0 Å². The summed E-state index contributed by atoms with van der Waals surface area (Å²) >= 11 is 0. The van der Waals surface area contributed by atoms with Crippen LogP contribution in [0.25, 0.3) is 0 Å². The van der Waals surface area contributed by atoms with Gasteiger partial charge in [0.1, 0.15) is 12.7 Å². The summed E-state index contributed by atoms with van der Waals surface area (Å²) in [6.07, 6.45) is 0.563. The van der Waals surface area contributed by atoms with Gasteiger partial charge in [0.2, 0.25) is 5.91 Å². The molecule has 3 atom stereocenters. The van der Waals surface area contributed by atoms with Crippen LogP contribution >= 0.6 is 0 Å². The molecule has 0 unspecified atom stereocenters. The molecule has 3 aliphatic heterocycles. The summed E-state index contributed by atoms with van der Waals surface area (Å²) in [5.41, 5.74) is 3.32. The summed E-state index contributed by atoms with van der Waals surface area (Å²) in [5.74, 6) is 0.185. The molecule has 1 fully saturated rings. The zero-order valence-electron chi connectivity index (χ0n) is 18.8. The van der Waals surface area contributed by atoms with Crippen molar-refractivity contribution in [1.82, 2.24) is 14.4 Å². The molecule has 7 nitrogen and oxygen atoms in total. The van der Waals surface area contributed by atoms with Crippen molar-refractivity contribution in [2.75, 3.05) is 25.0 Å². The summed E-state index contributed by atoms with van der Waals surface area (Å²) in [5, 5.41) is 3.46. The van der Waals surface area contributed by atoms with Gasteiger partial charge in [0.25, 0.3) is 11.5 Å². The van der Waals surface area contributed by atoms with Crippen molar-refractivity contribution < 1.29 is 9.59 Å². The number of para-hydroxylation sites is 1. The Kier molecular flexibility index (Phi) is 4.98. The Labute approximate surface area is 197 Å². The summed E-state index contributed by atoms with van der Waals surface area (Å²) in [6, 6.07) is 22.6. The second kappa shape index (κ2) is 8.17. The quantitative estimate of drug-likeness (QED) is 0.660. The van der Waals surface area contributed by atoms with Crippen molar-refractivity contribution in [2.24, 2.45) is 5.92 Å². The Morgan fingerprint density at radius 2 is 1.68 bits per heavy atom. The van der Waals surface area contributed by atoms with E-state index >= 15 is 0 Å². The molecular weight excluding hydrogens is 428 g/mol. The first-order valence-corrected chi connectivity index (χ1v) is 11.8. The fourth-order valence-corrected chi connectivity index (χ4v) is 5.70. The highest BCUT2D eigenvalue weighted by Crippen LogP contribution is 2.36. The Balaban J connectivity index is 1.27. The van der Waals surface area contributed by atoms with Crippen LogP contribution in [0.2, 0.25) is 0 Å². The van der Waals surface area contributed by atoms with Crippen molar-refractivity contribution in [3.8, 4) is 0 Å². The number of nitrogens with zero attached hydrogens (tertiary/aromatic N) is 3. The maximum absolute atomic E-state index is 13.5. The van der Waals surface area contributed by atoms with Gasteiger partial charge in [-0.15, -0.1) is 0 Å². The molecule has 0 aliphatic carbocycles. The fraction of sp³-hybridized carbons (Fsp3) is 0.296. The molecule has 7 heteroatoms. The lowest BCUT2D eigenvalue weighted by atomic mass is 9.83. The average molecular weight is 455 g/mol. The van der Waals surface area contributed by atoms with E-state index in [9.17, 15) is 14.4 Å². The highest BCUT2D eigenvalue weighted by molar-refractivity contribution is 6.03. The van der Waals surface area contributed by atoms with Crippen molar-refractivity contribution in [1.29, 1.82) is 0 Å². The highest BCUT2D eigenvalue weighted by Gasteiger charge is 2.39. The maximum atomic E-state index is 13.5. The third kappa shape index (κ3) is 3.48. The van der Waals surface area contributed by atoms with Gasteiger partial charge < -0.3 is 19.7 Å². The van der Waals surface area contributed by atoms with Crippen molar-refractivity contribution >= 4 is 17.5 Å². The number of rotatable bonds is 3. The zero-order chi connectivity index (χ0) is 23.2. The molecule has 2 aromatic carbocycles. The van der Waals surface area contributed by atoms with Gasteiger partial charge >= 0.3 is 0 Å². The third-order valence-electron chi connectivity index (χ3n) is 7.28. The lowest BCUT2D eigenvalue weighted by molar-refractivity contribution is -0.135. The van der Waals surface area contributed by atoms with E-state index < -0.39 is 6.17 Å². The number of anilines is 1. The Bertz CT molecular complexity index is 1320. The van der Waals surface area contributed by atoms with E-state index in [1.54, 1.807) is 23.1 Å². The van der Waals surface area contributed by atoms with E-state index in [0.717, 1.165) is 23.4 Å². The van der Waals surface area contributed by atoms with Crippen LogP contribution in [-0.4, -0.2) is 45.8 Å². The van der Waals surface area contributed by atoms with E-state index in [-0.39, 0.29) is 35.8 Å². The van der Waals surface area contributed by atoms with Gasteiger partial charge in [-0.2, -0.15) is 0 Å². The molecule has 0 saturated carbocycles. The Hall–Kier alpha value is -3.87. The number of hydrogen-bond acceptors (Lipinski definition) is 4. The van der Waals surface area contributed by atoms with Gasteiger partial charge in [-0.25, -0.2) is 0 Å². The highest BCUT2D eigenvalue weighted by atomic mass is 16.2. The standard InChI is InChI=1S/C27H26N4O3/c32-24-12-6-11-23-20-13-18(15-30(23)24)14-29(16-20)25(33)17-31-26(19-7-2-1-3-8-19)28-22-10-5-4-9-21(22)27(31)34/h1-12,18,20,26,28H,13-17H2/t18-,20+,26-/m1/s1. The largest absolute Gasteiger partial charge is 0.361 e. The summed E-state index contributed by atoms with van der Waals surface area (Å²) < 4.78 is 1.86. The first-order chi connectivity index (χ1) is 16.6. The van der Waals surface area contributed by atoms with Crippen molar-refractivity contribution in [2.45, 2.75) is 25.0 Å². The zero-order valence-corrected chi connectivity index (χ0v) is 18.8. The molecule has 3 aliphatic rings. The number of carbonyl (C=O) groups excluding carboxylic acids is 2. The second-order valence-electron chi connectivity index (χ2n) is 9.43. The number of pyridine rings is 1. The van der Waals surface area contributed by atoms with Gasteiger partial charge in [0.15, 0.2) is 0 Å². The first kappa shape index (κ1) is 20.7. The van der Waals surface area contributed by atoms with Gasteiger partial charge in [0.05, 0.1) is 5.56 Å². The van der Waals surface area contributed by atoms with Gasteiger partial charge in [-0.05, 0) is 36.1 Å². The van der Waals surface area contributed by atoms with Crippen LogP contribution in [0.15, 0.2) is 77.6 Å². The normalized spacial score (nSPS) is 23.1. The van der Waals surface area contributed by atoms with E-state index in [0.29, 0.717) is 25.2 Å². The molecule has 0 spiro atoms. The van der Waals surface area contributed by atoms with Gasteiger partial charge in [-0.3, -0.25) is 14.4 Å². The van der Waals surface area contributed by atoms with Crippen LogP contribution in [-0.2, 0) is 11.3 Å². The molecule has 172 valence electrons. The smallest absolute Gasteiger partial charge is 0.258 e. The monoisotopic (exact) mass is 454 g/mol. The molecule has 0 radical (unpaired) electrons. The number of amides is 2. The molecule has 3 aromatic rings. The summed E-state index contributed by atoms with van der Waals surface area (Å²) in [7, 11) is 0. The van der Waals surface area contributed by atoms with E-state index in [2.05, 4.69) is 5.32 Å². The predicted molar refractivity (Wildman–Crippen MR) is 128 cm³/mol. The molecule has 4 heterocycles. The molecule has 1 N–H and O–H groups in total. The van der Waals surface area contributed by atoms with Crippen molar-refractivity contribution in [3.63, 3.8) is 0 Å². The lowest BCUT2D eigenvalue weighted by Gasteiger charge is -2.44. The molecule has 6 rings (SSSR count). The fourth-order valence-electron chi connectivity index (χ4n) is 5.70. The van der Waals surface area contributed by atoms with Crippen LogP contribution in [0.3, 0.4) is 0 Å². The number of hydrogen-bond donors (Lipinski definition) is 1. The number of benzene rings is 2. The molecule has 2 amide bonds. The van der Waals surface area contributed by atoms with Crippen LogP contribution in [0.4, 0.5) is 5.69 Å². The van der Waals surface area contributed by atoms with Gasteiger partial charge in [0, 0.05) is 43.0 Å².